The second-order valence-electron chi connectivity index (χ2n) is 6.68. The summed E-state index contributed by atoms with van der Waals surface area (Å²) in [5.41, 5.74) is 2.75. The lowest BCUT2D eigenvalue weighted by Crippen LogP contribution is -2.26. The molecule has 3 rings (SSSR count). The fraction of sp³-hybridized carbons (Fsp3) is 0.476. The number of fused-ring (bicyclic) bond motifs is 3. The molecule has 2 atom stereocenters. The fourth-order valence-electron chi connectivity index (χ4n) is 3.94. The SMILES string of the molecule is CCCC(=O)NCCC1CCC(OC)c2ccc3ccccc3c21. The van der Waals surface area contributed by atoms with E-state index in [2.05, 4.69) is 41.7 Å². The molecule has 0 heterocycles. The molecule has 0 spiro atoms. The van der Waals surface area contributed by atoms with E-state index in [1.807, 2.05) is 6.92 Å². The molecule has 0 aliphatic heterocycles. The van der Waals surface area contributed by atoms with Gasteiger partial charge in [-0.2, -0.15) is 0 Å². The summed E-state index contributed by atoms with van der Waals surface area (Å²) < 4.78 is 5.72. The third-order valence-corrected chi connectivity index (χ3v) is 5.11. The lowest BCUT2D eigenvalue weighted by atomic mass is 9.77. The van der Waals surface area contributed by atoms with E-state index in [0.717, 1.165) is 32.2 Å². The highest BCUT2D eigenvalue weighted by molar-refractivity contribution is 5.87. The Labute approximate surface area is 144 Å². The lowest BCUT2D eigenvalue weighted by molar-refractivity contribution is -0.121. The number of benzene rings is 2. The molecule has 0 saturated carbocycles. The van der Waals surface area contributed by atoms with Crippen molar-refractivity contribution in [2.45, 2.75) is 51.0 Å². The molecule has 24 heavy (non-hydrogen) atoms. The highest BCUT2D eigenvalue weighted by atomic mass is 16.5. The zero-order valence-electron chi connectivity index (χ0n) is 14.7. The summed E-state index contributed by atoms with van der Waals surface area (Å²) >= 11 is 0. The van der Waals surface area contributed by atoms with Crippen LogP contribution < -0.4 is 5.32 Å². The summed E-state index contributed by atoms with van der Waals surface area (Å²) in [6.07, 6.45) is 4.87. The maximum absolute atomic E-state index is 11.7. The van der Waals surface area contributed by atoms with Gasteiger partial charge in [0.25, 0.3) is 0 Å². The Bertz CT molecular complexity index is 710. The minimum Gasteiger partial charge on any atom is -0.377 e. The van der Waals surface area contributed by atoms with Crippen molar-refractivity contribution < 1.29 is 9.53 Å². The molecule has 2 aromatic carbocycles. The molecule has 2 aromatic rings. The standard InChI is InChI=1S/C21H27NO2/c1-3-6-20(23)22-14-13-16-10-12-19(24-2)18-11-9-15-7-4-5-8-17(15)21(16)18/h4-5,7-9,11,16,19H,3,6,10,12-14H2,1-2H3,(H,22,23). The smallest absolute Gasteiger partial charge is 0.219 e. The van der Waals surface area contributed by atoms with E-state index in [-0.39, 0.29) is 12.0 Å². The first-order chi connectivity index (χ1) is 11.7. The van der Waals surface area contributed by atoms with Crippen molar-refractivity contribution >= 4 is 16.7 Å². The number of hydrogen-bond donors (Lipinski definition) is 1. The van der Waals surface area contributed by atoms with Crippen LogP contribution >= 0.6 is 0 Å². The average Bonchev–Trinajstić information content (AvgIpc) is 2.61. The highest BCUT2D eigenvalue weighted by Crippen LogP contribution is 2.43. The fourth-order valence-corrected chi connectivity index (χ4v) is 3.94. The zero-order chi connectivity index (χ0) is 16.9. The maximum atomic E-state index is 11.7. The van der Waals surface area contributed by atoms with Gasteiger partial charge in [-0.3, -0.25) is 4.79 Å². The molecule has 0 aromatic heterocycles. The van der Waals surface area contributed by atoms with E-state index in [1.165, 1.54) is 21.9 Å². The average molecular weight is 325 g/mol. The van der Waals surface area contributed by atoms with Crippen molar-refractivity contribution in [2.75, 3.05) is 13.7 Å². The molecular formula is C21H27NO2. The van der Waals surface area contributed by atoms with Crippen LogP contribution in [0.2, 0.25) is 0 Å². The van der Waals surface area contributed by atoms with Gasteiger partial charge in [-0.25, -0.2) is 0 Å². The van der Waals surface area contributed by atoms with Gasteiger partial charge in [-0.05, 0) is 53.5 Å². The van der Waals surface area contributed by atoms with E-state index < -0.39 is 0 Å². The van der Waals surface area contributed by atoms with Crippen LogP contribution in [0.1, 0.15) is 62.2 Å². The van der Waals surface area contributed by atoms with Crippen LogP contribution in [-0.4, -0.2) is 19.6 Å². The molecule has 3 heteroatoms. The molecule has 1 aliphatic rings. The van der Waals surface area contributed by atoms with Crippen molar-refractivity contribution in [2.24, 2.45) is 0 Å². The van der Waals surface area contributed by atoms with Gasteiger partial charge in [0.05, 0.1) is 6.10 Å². The molecular weight excluding hydrogens is 298 g/mol. The number of methoxy groups -OCH3 is 1. The Balaban J connectivity index is 1.85. The highest BCUT2D eigenvalue weighted by Gasteiger charge is 2.28. The van der Waals surface area contributed by atoms with Gasteiger partial charge in [0.1, 0.15) is 0 Å². The van der Waals surface area contributed by atoms with Gasteiger partial charge < -0.3 is 10.1 Å². The van der Waals surface area contributed by atoms with Crippen LogP contribution in [-0.2, 0) is 9.53 Å². The van der Waals surface area contributed by atoms with Gasteiger partial charge >= 0.3 is 0 Å². The molecule has 1 amide bonds. The summed E-state index contributed by atoms with van der Waals surface area (Å²) in [6, 6.07) is 13.0. The number of carbonyl (C=O) groups is 1. The van der Waals surface area contributed by atoms with Gasteiger partial charge in [0.2, 0.25) is 5.91 Å². The Morgan fingerprint density at radius 2 is 2.04 bits per heavy atom. The molecule has 0 radical (unpaired) electrons. The number of rotatable bonds is 6. The first-order valence-corrected chi connectivity index (χ1v) is 9.05. The number of carbonyl (C=O) groups excluding carboxylic acids is 1. The van der Waals surface area contributed by atoms with Crippen molar-refractivity contribution in [1.29, 1.82) is 0 Å². The number of ether oxygens (including phenoxy) is 1. The lowest BCUT2D eigenvalue weighted by Gasteiger charge is -2.32. The molecule has 0 saturated heterocycles. The molecule has 1 aliphatic carbocycles. The summed E-state index contributed by atoms with van der Waals surface area (Å²) in [4.78, 5) is 11.7. The summed E-state index contributed by atoms with van der Waals surface area (Å²) in [7, 11) is 1.80. The van der Waals surface area contributed by atoms with Crippen molar-refractivity contribution in [1.82, 2.24) is 5.32 Å². The second-order valence-corrected chi connectivity index (χ2v) is 6.68. The second kappa shape index (κ2) is 7.80. The monoisotopic (exact) mass is 325 g/mol. The molecule has 1 N–H and O–H groups in total. The Kier molecular flexibility index (Phi) is 5.52. The molecule has 3 nitrogen and oxygen atoms in total. The predicted molar refractivity (Wildman–Crippen MR) is 98.2 cm³/mol. The molecule has 128 valence electrons. The Morgan fingerprint density at radius 1 is 1.21 bits per heavy atom. The van der Waals surface area contributed by atoms with Crippen LogP contribution in [0, 0.1) is 0 Å². The molecule has 0 fully saturated rings. The third kappa shape index (κ3) is 3.46. The normalized spacial score (nSPS) is 19.9. The van der Waals surface area contributed by atoms with E-state index in [4.69, 9.17) is 4.74 Å². The van der Waals surface area contributed by atoms with Crippen LogP contribution in [0.15, 0.2) is 36.4 Å². The summed E-state index contributed by atoms with van der Waals surface area (Å²) in [5, 5.41) is 5.68. The van der Waals surface area contributed by atoms with E-state index >= 15 is 0 Å². The third-order valence-electron chi connectivity index (χ3n) is 5.11. The quantitative estimate of drug-likeness (QED) is 0.835. The van der Waals surface area contributed by atoms with E-state index in [1.54, 1.807) is 7.11 Å². The molecule has 0 bridgehead atoms. The van der Waals surface area contributed by atoms with E-state index in [0.29, 0.717) is 12.3 Å². The van der Waals surface area contributed by atoms with Gasteiger partial charge in [-0.15, -0.1) is 0 Å². The van der Waals surface area contributed by atoms with E-state index in [9.17, 15) is 4.79 Å². The van der Waals surface area contributed by atoms with Crippen molar-refractivity contribution in [3.05, 3.63) is 47.5 Å². The topological polar surface area (TPSA) is 38.3 Å². The number of hydrogen-bond acceptors (Lipinski definition) is 2. The Morgan fingerprint density at radius 3 is 2.83 bits per heavy atom. The van der Waals surface area contributed by atoms with Crippen LogP contribution in [0.5, 0.6) is 0 Å². The minimum absolute atomic E-state index is 0.168. The van der Waals surface area contributed by atoms with Crippen LogP contribution in [0.3, 0.4) is 0 Å². The van der Waals surface area contributed by atoms with Crippen LogP contribution in [0.25, 0.3) is 10.8 Å². The first kappa shape index (κ1) is 17.0. The first-order valence-electron chi connectivity index (χ1n) is 9.05. The van der Waals surface area contributed by atoms with Crippen molar-refractivity contribution in [3.63, 3.8) is 0 Å². The zero-order valence-corrected chi connectivity index (χ0v) is 14.7. The summed E-state index contributed by atoms with van der Waals surface area (Å²) in [5.74, 6) is 0.653. The largest absolute Gasteiger partial charge is 0.377 e. The van der Waals surface area contributed by atoms with Gasteiger partial charge in [0.15, 0.2) is 0 Å². The Hall–Kier alpha value is -1.87. The van der Waals surface area contributed by atoms with Crippen LogP contribution in [0.4, 0.5) is 0 Å². The molecule has 2 unspecified atom stereocenters. The number of amides is 1. The maximum Gasteiger partial charge on any atom is 0.219 e. The minimum atomic E-state index is 0.168. The predicted octanol–water partition coefficient (Wildman–Crippen LogP) is 4.71. The number of nitrogens with one attached hydrogen (secondary N) is 1. The summed E-state index contributed by atoms with van der Waals surface area (Å²) in [6.45, 7) is 2.79. The van der Waals surface area contributed by atoms with Crippen molar-refractivity contribution in [3.8, 4) is 0 Å². The van der Waals surface area contributed by atoms with Gasteiger partial charge in [-0.1, -0.05) is 43.3 Å². The van der Waals surface area contributed by atoms with Gasteiger partial charge in [0, 0.05) is 20.1 Å².